The van der Waals surface area contributed by atoms with Gasteiger partial charge in [-0.2, -0.15) is 0 Å². The number of hydrogen-bond acceptors (Lipinski definition) is 2. The Bertz CT molecular complexity index is 1150. The minimum Gasteiger partial charge on any atom is -0.361 e. The van der Waals surface area contributed by atoms with Gasteiger partial charge in [-0.05, 0) is 43.9 Å². The number of carbonyl (C=O) groups excluding carboxylic acids is 1. The number of carbonyl (C=O) groups is 1. The van der Waals surface area contributed by atoms with Crippen molar-refractivity contribution in [3.63, 3.8) is 0 Å². The molecule has 5 rings (SSSR count). The largest absolute Gasteiger partial charge is 0.361 e. The van der Waals surface area contributed by atoms with Crippen molar-refractivity contribution < 1.29 is 4.79 Å². The van der Waals surface area contributed by atoms with Crippen LogP contribution in [0.15, 0.2) is 48.7 Å². The molecule has 0 bridgehead atoms. The molecule has 0 aliphatic carbocycles. The number of fused-ring (bicyclic) bond motifs is 3. The van der Waals surface area contributed by atoms with Crippen LogP contribution in [-0.4, -0.2) is 34.9 Å². The van der Waals surface area contributed by atoms with Crippen LogP contribution in [0.25, 0.3) is 21.8 Å². The normalized spacial score (nSPS) is 16.6. The lowest BCUT2D eigenvalue weighted by Gasteiger charge is -2.16. The van der Waals surface area contributed by atoms with Gasteiger partial charge in [0, 0.05) is 51.4 Å². The number of nitrogens with one attached hydrogen (secondary N) is 3. The first-order chi connectivity index (χ1) is 12.6. The number of para-hydroxylation sites is 1. The summed E-state index contributed by atoms with van der Waals surface area (Å²) in [6, 6.07) is 14.2. The number of rotatable bonds is 3. The van der Waals surface area contributed by atoms with Gasteiger partial charge in [-0.25, -0.2) is 0 Å². The maximum Gasteiger partial charge on any atom is 0.252 e. The summed E-state index contributed by atoms with van der Waals surface area (Å²) in [4.78, 5) is 21.6. The van der Waals surface area contributed by atoms with E-state index in [4.69, 9.17) is 0 Å². The fraction of sp³-hybridized carbons (Fsp3) is 0.190. The van der Waals surface area contributed by atoms with Gasteiger partial charge in [-0.15, -0.1) is 0 Å². The van der Waals surface area contributed by atoms with Crippen molar-refractivity contribution in [1.82, 2.24) is 20.2 Å². The molecule has 1 aliphatic heterocycles. The summed E-state index contributed by atoms with van der Waals surface area (Å²) in [5.74, 6) is -0.00539. The molecule has 5 nitrogen and oxygen atoms in total. The number of benzene rings is 2. The second-order valence-corrected chi connectivity index (χ2v) is 7.21. The van der Waals surface area contributed by atoms with Crippen LogP contribution in [0.5, 0.6) is 0 Å². The van der Waals surface area contributed by atoms with Gasteiger partial charge in [0.05, 0.1) is 6.04 Å². The summed E-state index contributed by atoms with van der Waals surface area (Å²) in [5.41, 5.74) is 6.26. The second kappa shape index (κ2) is 5.47. The molecule has 3 heterocycles. The Balaban J connectivity index is 1.75. The summed E-state index contributed by atoms with van der Waals surface area (Å²) in [5, 5.41) is 5.42. The molecule has 0 fully saturated rings. The Morgan fingerprint density at radius 3 is 2.77 bits per heavy atom. The third-order valence-electron chi connectivity index (χ3n) is 5.15. The highest BCUT2D eigenvalue weighted by atomic mass is 16.2. The minimum absolute atomic E-state index is 0.00539. The lowest BCUT2D eigenvalue weighted by atomic mass is 9.95. The van der Waals surface area contributed by atoms with Crippen molar-refractivity contribution in [2.24, 2.45) is 0 Å². The Labute approximate surface area is 151 Å². The van der Waals surface area contributed by atoms with Gasteiger partial charge in [0.2, 0.25) is 0 Å². The zero-order chi connectivity index (χ0) is 17.8. The molecule has 2 aromatic carbocycles. The monoisotopic (exact) mass is 344 g/mol. The molecule has 4 aromatic rings. The predicted octanol–water partition coefficient (Wildman–Crippen LogP) is 3.54. The first kappa shape index (κ1) is 15.2. The molecule has 3 N–H and O–H groups in total. The molecule has 1 atom stereocenters. The number of aromatic nitrogens is 2. The number of amides is 1. The summed E-state index contributed by atoms with van der Waals surface area (Å²) >= 11 is 0. The Morgan fingerprint density at radius 2 is 1.92 bits per heavy atom. The van der Waals surface area contributed by atoms with Crippen molar-refractivity contribution in [1.29, 1.82) is 0 Å². The second-order valence-electron chi connectivity index (χ2n) is 7.21. The van der Waals surface area contributed by atoms with E-state index >= 15 is 0 Å². The van der Waals surface area contributed by atoms with Crippen LogP contribution in [0.3, 0.4) is 0 Å². The molecule has 1 aliphatic rings. The Morgan fingerprint density at radius 1 is 1.08 bits per heavy atom. The highest BCUT2D eigenvalue weighted by Gasteiger charge is 2.33. The molecule has 0 saturated carbocycles. The van der Waals surface area contributed by atoms with E-state index in [0.29, 0.717) is 0 Å². The molecule has 130 valence electrons. The van der Waals surface area contributed by atoms with Crippen LogP contribution < -0.4 is 5.32 Å². The van der Waals surface area contributed by atoms with Crippen molar-refractivity contribution in [2.75, 3.05) is 14.1 Å². The van der Waals surface area contributed by atoms with E-state index in [1.807, 2.05) is 30.5 Å². The van der Waals surface area contributed by atoms with Crippen LogP contribution in [0.2, 0.25) is 0 Å². The van der Waals surface area contributed by atoms with Crippen LogP contribution in [-0.2, 0) is 6.54 Å². The highest BCUT2D eigenvalue weighted by molar-refractivity contribution is 6.04. The number of nitrogens with zero attached hydrogens (tertiary/aromatic N) is 1. The molecule has 1 amide bonds. The fourth-order valence-corrected chi connectivity index (χ4v) is 4.06. The summed E-state index contributed by atoms with van der Waals surface area (Å²) in [7, 11) is 4.11. The van der Waals surface area contributed by atoms with Crippen LogP contribution >= 0.6 is 0 Å². The first-order valence-electron chi connectivity index (χ1n) is 8.78. The molecular weight excluding hydrogens is 324 g/mol. The SMILES string of the molecule is CN(C)Cc1[nH]c2ccccc2c1[C@H]1NC(=O)c2cc3cc[nH]c3cc21. The maximum absolute atomic E-state index is 12.7. The molecular formula is C21H20N4O. The van der Waals surface area contributed by atoms with Gasteiger partial charge >= 0.3 is 0 Å². The number of H-pyrrole nitrogens is 2. The average molecular weight is 344 g/mol. The average Bonchev–Trinajstić information content (AvgIpc) is 3.28. The van der Waals surface area contributed by atoms with Crippen molar-refractivity contribution >= 4 is 27.7 Å². The minimum atomic E-state index is -0.142. The number of aromatic amines is 2. The third kappa shape index (κ3) is 2.17. The van der Waals surface area contributed by atoms with Crippen molar-refractivity contribution in [3.05, 3.63) is 71.0 Å². The van der Waals surface area contributed by atoms with Crippen LogP contribution in [0.1, 0.15) is 33.2 Å². The van der Waals surface area contributed by atoms with Crippen LogP contribution in [0.4, 0.5) is 0 Å². The van der Waals surface area contributed by atoms with Gasteiger partial charge in [0.15, 0.2) is 0 Å². The van der Waals surface area contributed by atoms with E-state index in [1.165, 1.54) is 0 Å². The quantitative estimate of drug-likeness (QED) is 0.532. The maximum atomic E-state index is 12.7. The van der Waals surface area contributed by atoms with E-state index < -0.39 is 0 Å². The molecule has 0 spiro atoms. The smallest absolute Gasteiger partial charge is 0.252 e. The van der Waals surface area contributed by atoms with E-state index in [2.05, 4.69) is 52.5 Å². The van der Waals surface area contributed by atoms with Gasteiger partial charge in [0.1, 0.15) is 0 Å². The molecule has 0 unspecified atom stereocenters. The lowest BCUT2D eigenvalue weighted by molar-refractivity contribution is 0.0960. The van der Waals surface area contributed by atoms with Gasteiger partial charge in [0.25, 0.3) is 5.91 Å². The third-order valence-corrected chi connectivity index (χ3v) is 5.15. The van der Waals surface area contributed by atoms with Gasteiger partial charge in [-0.1, -0.05) is 18.2 Å². The van der Waals surface area contributed by atoms with E-state index in [1.54, 1.807) is 0 Å². The summed E-state index contributed by atoms with van der Waals surface area (Å²) in [6.45, 7) is 0.788. The zero-order valence-electron chi connectivity index (χ0n) is 14.8. The molecule has 0 radical (unpaired) electrons. The molecule has 26 heavy (non-hydrogen) atoms. The zero-order valence-corrected chi connectivity index (χ0v) is 14.8. The van der Waals surface area contributed by atoms with E-state index in [0.717, 1.165) is 50.7 Å². The predicted molar refractivity (Wildman–Crippen MR) is 103 cm³/mol. The van der Waals surface area contributed by atoms with E-state index in [9.17, 15) is 4.79 Å². The van der Waals surface area contributed by atoms with Crippen LogP contribution in [0, 0.1) is 0 Å². The van der Waals surface area contributed by atoms with Crippen molar-refractivity contribution in [3.8, 4) is 0 Å². The van der Waals surface area contributed by atoms with Gasteiger partial charge in [-0.3, -0.25) is 4.79 Å². The standard InChI is InChI=1S/C21H20N4O/c1-25(2)11-18-19(13-5-3-4-6-16(13)23-18)20-14-10-17-12(7-8-22-17)9-15(14)21(26)24-20/h3-10,20,22-23H,11H2,1-2H3,(H,24,26)/t20-/m0/s1. The Hall–Kier alpha value is -3.05. The Kier molecular flexibility index (Phi) is 3.21. The lowest BCUT2D eigenvalue weighted by Crippen LogP contribution is -2.22. The van der Waals surface area contributed by atoms with Crippen molar-refractivity contribution in [2.45, 2.75) is 12.6 Å². The first-order valence-corrected chi connectivity index (χ1v) is 8.78. The summed E-state index contributed by atoms with van der Waals surface area (Å²) < 4.78 is 0. The summed E-state index contributed by atoms with van der Waals surface area (Å²) in [6.07, 6.45) is 1.91. The molecule has 0 saturated heterocycles. The molecule has 5 heteroatoms. The van der Waals surface area contributed by atoms with E-state index in [-0.39, 0.29) is 11.9 Å². The molecule has 2 aromatic heterocycles. The fourth-order valence-electron chi connectivity index (χ4n) is 4.06. The highest BCUT2D eigenvalue weighted by Crippen LogP contribution is 2.38. The number of hydrogen-bond donors (Lipinski definition) is 3. The topological polar surface area (TPSA) is 63.9 Å². The van der Waals surface area contributed by atoms with Gasteiger partial charge < -0.3 is 20.2 Å².